The molecule has 1 aliphatic heterocycles. The van der Waals surface area contributed by atoms with Crippen LogP contribution in [0.5, 0.6) is 0 Å². The van der Waals surface area contributed by atoms with Crippen molar-refractivity contribution in [2.24, 2.45) is 0 Å². The van der Waals surface area contributed by atoms with Crippen molar-refractivity contribution in [1.82, 2.24) is 14.7 Å². The van der Waals surface area contributed by atoms with Crippen LogP contribution in [0.25, 0.3) is 0 Å². The van der Waals surface area contributed by atoms with Crippen molar-refractivity contribution >= 4 is 46.1 Å². The van der Waals surface area contributed by atoms with E-state index in [9.17, 15) is 14.4 Å². The molecule has 0 spiro atoms. The summed E-state index contributed by atoms with van der Waals surface area (Å²) in [5.74, 6) is -0.188. The molecule has 10 heteroatoms. The summed E-state index contributed by atoms with van der Waals surface area (Å²) in [6.45, 7) is 5.51. The maximum absolute atomic E-state index is 12.5. The Kier molecular flexibility index (Phi) is 4.76. The Labute approximate surface area is 158 Å². The lowest BCUT2D eigenvalue weighted by molar-refractivity contribution is 0.102. The Morgan fingerprint density at radius 2 is 2.15 bits per heavy atom. The Morgan fingerprint density at radius 3 is 2.73 bits per heavy atom. The standard InChI is InChI=1S/C16H17ClN4O4S/c1-4-25-15(24)21-12(18-13(22)10-6-5-7-26-10)9-8-20(14(17)23)16(2,3)11(9)19-21/h5-7H,4,8H2,1-3H3,(H,18,22). The Balaban J connectivity index is 2.05. The van der Waals surface area contributed by atoms with Crippen LogP contribution in [0.2, 0.25) is 0 Å². The third-order valence-electron chi connectivity index (χ3n) is 4.18. The number of carbonyl (C=O) groups excluding carboxylic acids is 3. The van der Waals surface area contributed by atoms with E-state index in [4.69, 9.17) is 16.3 Å². The van der Waals surface area contributed by atoms with Crippen LogP contribution >= 0.6 is 22.9 Å². The summed E-state index contributed by atoms with van der Waals surface area (Å²) in [7, 11) is 0. The number of halogens is 1. The molecular formula is C16H17ClN4O4S. The smallest absolute Gasteiger partial charge is 0.436 e. The third-order valence-corrected chi connectivity index (χ3v) is 5.26. The van der Waals surface area contributed by atoms with Gasteiger partial charge in [0.1, 0.15) is 5.82 Å². The number of amides is 2. The molecule has 2 aromatic rings. The average molecular weight is 397 g/mol. The number of rotatable bonds is 3. The zero-order chi connectivity index (χ0) is 19.1. The van der Waals surface area contributed by atoms with Crippen LogP contribution < -0.4 is 5.32 Å². The van der Waals surface area contributed by atoms with Crippen LogP contribution in [-0.2, 0) is 16.8 Å². The van der Waals surface area contributed by atoms with Crippen molar-refractivity contribution in [2.45, 2.75) is 32.9 Å². The van der Waals surface area contributed by atoms with E-state index in [0.29, 0.717) is 16.1 Å². The van der Waals surface area contributed by atoms with E-state index in [1.807, 2.05) is 0 Å². The van der Waals surface area contributed by atoms with Crippen molar-refractivity contribution in [2.75, 3.05) is 11.9 Å². The number of thiophene rings is 1. The first-order valence-corrected chi connectivity index (χ1v) is 9.14. The van der Waals surface area contributed by atoms with Gasteiger partial charge in [0.15, 0.2) is 0 Å². The summed E-state index contributed by atoms with van der Waals surface area (Å²) in [6.07, 6.45) is -0.706. The van der Waals surface area contributed by atoms with E-state index in [0.717, 1.165) is 4.68 Å². The zero-order valence-corrected chi connectivity index (χ0v) is 16.0. The predicted molar refractivity (Wildman–Crippen MR) is 96.7 cm³/mol. The number of anilines is 1. The molecule has 0 saturated heterocycles. The summed E-state index contributed by atoms with van der Waals surface area (Å²) >= 11 is 6.95. The van der Waals surface area contributed by atoms with Crippen LogP contribution in [0.1, 0.15) is 41.7 Å². The minimum Gasteiger partial charge on any atom is -0.448 e. The maximum atomic E-state index is 12.5. The molecule has 0 aliphatic carbocycles. The van der Waals surface area contributed by atoms with E-state index in [2.05, 4.69) is 10.4 Å². The van der Waals surface area contributed by atoms with Gasteiger partial charge in [0.2, 0.25) is 0 Å². The lowest BCUT2D eigenvalue weighted by Crippen LogP contribution is -2.38. The number of nitrogens with one attached hydrogen (secondary N) is 1. The Morgan fingerprint density at radius 1 is 1.42 bits per heavy atom. The molecule has 0 fully saturated rings. The quantitative estimate of drug-likeness (QED) is 0.631. The van der Waals surface area contributed by atoms with E-state index in [1.165, 1.54) is 16.2 Å². The highest BCUT2D eigenvalue weighted by atomic mass is 35.5. The molecule has 3 heterocycles. The van der Waals surface area contributed by atoms with Crippen molar-refractivity contribution < 1.29 is 19.1 Å². The lowest BCUT2D eigenvalue weighted by Gasteiger charge is -2.29. The summed E-state index contributed by atoms with van der Waals surface area (Å²) in [6, 6.07) is 3.42. The minimum atomic E-state index is -0.825. The van der Waals surface area contributed by atoms with Crippen LogP contribution in [0, 0.1) is 0 Å². The van der Waals surface area contributed by atoms with Gasteiger partial charge in [0, 0.05) is 5.56 Å². The summed E-state index contributed by atoms with van der Waals surface area (Å²) in [5, 5.41) is 8.17. The van der Waals surface area contributed by atoms with E-state index in [-0.39, 0.29) is 24.9 Å². The molecule has 26 heavy (non-hydrogen) atoms. The van der Waals surface area contributed by atoms with Gasteiger partial charge in [0.05, 0.1) is 29.3 Å². The fraction of sp³-hybridized carbons (Fsp3) is 0.375. The van der Waals surface area contributed by atoms with Crippen molar-refractivity contribution in [1.29, 1.82) is 0 Å². The molecule has 0 bridgehead atoms. The summed E-state index contributed by atoms with van der Waals surface area (Å²) in [4.78, 5) is 38.4. The summed E-state index contributed by atoms with van der Waals surface area (Å²) < 4.78 is 6.05. The van der Waals surface area contributed by atoms with Crippen LogP contribution in [0.3, 0.4) is 0 Å². The molecule has 0 unspecified atom stereocenters. The van der Waals surface area contributed by atoms with E-state index < -0.39 is 17.0 Å². The number of hydrogen-bond donors (Lipinski definition) is 1. The monoisotopic (exact) mass is 396 g/mol. The van der Waals surface area contributed by atoms with E-state index in [1.54, 1.807) is 38.3 Å². The van der Waals surface area contributed by atoms with Gasteiger partial charge in [-0.1, -0.05) is 6.07 Å². The van der Waals surface area contributed by atoms with Crippen molar-refractivity contribution in [3.63, 3.8) is 0 Å². The van der Waals surface area contributed by atoms with Gasteiger partial charge in [0.25, 0.3) is 5.91 Å². The predicted octanol–water partition coefficient (Wildman–Crippen LogP) is 3.61. The molecule has 1 N–H and O–H groups in total. The molecular weight excluding hydrogens is 380 g/mol. The van der Waals surface area contributed by atoms with Crippen molar-refractivity contribution in [3.8, 4) is 0 Å². The van der Waals surface area contributed by atoms with Gasteiger partial charge < -0.3 is 15.0 Å². The number of nitrogens with zero attached hydrogens (tertiary/aromatic N) is 3. The third kappa shape index (κ3) is 2.97. The molecule has 2 amide bonds. The summed E-state index contributed by atoms with van der Waals surface area (Å²) in [5.41, 5.74) is 0.219. The first-order valence-electron chi connectivity index (χ1n) is 7.88. The minimum absolute atomic E-state index is 0.129. The second-order valence-electron chi connectivity index (χ2n) is 6.12. The van der Waals surface area contributed by atoms with E-state index >= 15 is 0 Å². The molecule has 2 aromatic heterocycles. The number of hydrogen-bond acceptors (Lipinski definition) is 6. The molecule has 0 saturated carbocycles. The van der Waals surface area contributed by atoms with Gasteiger partial charge in [-0.25, -0.2) is 4.79 Å². The molecule has 0 atom stereocenters. The average Bonchev–Trinajstić information content (AvgIpc) is 3.25. The highest BCUT2D eigenvalue weighted by molar-refractivity contribution is 7.12. The molecule has 3 rings (SSSR count). The normalized spacial score (nSPS) is 14.8. The van der Waals surface area contributed by atoms with Crippen LogP contribution in [0.15, 0.2) is 17.5 Å². The fourth-order valence-electron chi connectivity index (χ4n) is 2.88. The molecule has 8 nitrogen and oxygen atoms in total. The van der Waals surface area contributed by atoms with Gasteiger partial charge in [-0.3, -0.25) is 9.59 Å². The molecule has 0 radical (unpaired) electrons. The molecule has 0 aromatic carbocycles. The first kappa shape index (κ1) is 18.4. The number of fused-ring (bicyclic) bond motifs is 1. The fourth-order valence-corrected chi connectivity index (χ4v) is 3.77. The van der Waals surface area contributed by atoms with Gasteiger partial charge >= 0.3 is 11.5 Å². The number of aromatic nitrogens is 2. The number of carbonyl (C=O) groups is 3. The van der Waals surface area contributed by atoms with Crippen LogP contribution in [0.4, 0.5) is 15.4 Å². The van der Waals surface area contributed by atoms with Crippen LogP contribution in [-0.4, -0.2) is 38.7 Å². The van der Waals surface area contributed by atoms with Gasteiger partial charge in [-0.15, -0.1) is 16.0 Å². The van der Waals surface area contributed by atoms with Gasteiger partial charge in [-0.05, 0) is 43.8 Å². The second-order valence-corrected chi connectivity index (χ2v) is 7.39. The first-order chi connectivity index (χ1) is 12.3. The van der Waals surface area contributed by atoms with Crippen molar-refractivity contribution in [3.05, 3.63) is 33.6 Å². The topological polar surface area (TPSA) is 93.5 Å². The highest BCUT2D eigenvalue weighted by Gasteiger charge is 2.45. The Hall–Kier alpha value is -2.39. The zero-order valence-electron chi connectivity index (χ0n) is 14.4. The largest absolute Gasteiger partial charge is 0.448 e. The SMILES string of the molecule is CCOC(=O)n1nc2c(c1NC(=O)c1cccs1)CN(C(=O)Cl)C2(C)C. The second kappa shape index (κ2) is 6.73. The molecule has 138 valence electrons. The lowest BCUT2D eigenvalue weighted by atomic mass is 10.0. The Bertz CT molecular complexity index is 875. The van der Waals surface area contributed by atoms with Gasteiger partial charge in [-0.2, -0.15) is 5.10 Å². The maximum Gasteiger partial charge on any atom is 0.436 e. The molecule has 1 aliphatic rings. The number of ether oxygens (including phenoxy) is 1. The highest BCUT2D eigenvalue weighted by Crippen LogP contribution is 2.42.